The summed E-state index contributed by atoms with van der Waals surface area (Å²) < 4.78 is 4.66. The summed E-state index contributed by atoms with van der Waals surface area (Å²) in [5, 5.41) is 3.80. The second-order valence-corrected chi connectivity index (χ2v) is 4.36. The van der Waals surface area contributed by atoms with Crippen LogP contribution >= 0.6 is 23.8 Å². The molecule has 1 aromatic rings. The molecule has 1 aromatic carbocycles. The number of hydrazine groups is 1. The first kappa shape index (κ1) is 14.7. The minimum atomic E-state index is -0.315. The Kier molecular flexibility index (Phi) is 5.84. The number of thiocarbonyl (C=S) groups is 1. The van der Waals surface area contributed by atoms with Gasteiger partial charge in [-0.15, -0.1) is 0 Å². The molecule has 0 aromatic heterocycles. The van der Waals surface area contributed by atoms with Crippen LogP contribution < -0.4 is 16.2 Å². The number of methoxy groups -OCH3 is 1. The van der Waals surface area contributed by atoms with Crippen LogP contribution in [0.1, 0.15) is 5.56 Å². The van der Waals surface area contributed by atoms with Crippen molar-refractivity contribution < 1.29 is 9.53 Å². The normalized spacial score (nSPS) is 9.72. The summed E-state index contributed by atoms with van der Waals surface area (Å²) in [5.41, 5.74) is 6.72. The van der Waals surface area contributed by atoms with E-state index in [-0.39, 0.29) is 17.6 Å². The second kappa shape index (κ2) is 7.15. The van der Waals surface area contributed by atoms with Gasteiger partial charge in [-0.1, -0.05) is 17.7 Å². The van der Waals surface area contributed by atoms with E-state index >= 15 is 0 Å². The van der Waals surface area contributed by atoms with Crippen molar-refractivity contribution in [3.8, 4) is 0 Å². The largest absolute Gasteiger partial charge is 0.375 e. The van der Waals surface area contributed by atoms with Gasteiger partial charge in [0.1, 0.15) is 6.61 Å². The predicted octanol–water partition coefficient (Wildman–Crippen LogP) is 1.61. The Morgan fingerprint density at radius 3 is 2.83 bits per heavy atom. The Bertz CT molecular complexity index is 454. The number of rotatable bonds is 3. The summed E-state index contributed by atoms with van der Waals surface area (Å²) in [6.07, 6.45) is 0. The third-order valence-electron chi connectivity index (χ3n) is 2.04. The summed E-state index contributed by atoms with van der Waals surface area (Å²) in [6.45, 7) is 1.89. The minimum Gasteiger partial charge on any atom is -0.375 e. The molecule has 3 N–H and O–H groups in total. The van der Waals surface area contributed by atoms with Crippen LogP contribution in [0.2, 0.25) is 5.02 Å². The van der Waals surface area contributed by atoms with Gasteiger partial charge in [-0.3, -0.25) is 15.6 Å². The van der Waals surface area contributed by atoms with Crippen LogP contribution in [0.15, 0.2) is 18.2 Å². The van der Waals surface area contributed by atoms with Gasteiger partial charge in [0.2, 0.25) is 0 Å². The molecule has 0 fully saturated rings. The van der Waals surface area contributed by atoms with E-state index in [1.165, 1.54) is 7.11 Å². The number of carbonyl (C=O) groups is 1. The predicted molar refractivity (Wildman–Crippen MR) is 75.6 cm³/mol. The fraction of sp³-hybridized carbons (Fsp3) is 0.273. The van der Waals surface area contributed by atoms with Crippen molar-refractivity contribution in [1.82, 2.24) is 10.9 Å². The molecule has 0 bridgehead atoms. The first-order valence-electron chi connectivity index (χ1n) is 5.14. The number of halogens is 1. The molecule has 1 rings (SSSR count). The van der Waals surface area contributed by atoms with E-state index in [1.54, 1.807) is 12.1 Å². The summed E-state index contributed by atoms with van der Waals surface area (Å²) in [4.78, 5) is 11.1. The summed E-state index contributed by atoms with van der Waals surface area (Å²) >= 11 is 10.9. The number of aryl methyl sites for hydroxylation is 1. The van der Waals surface area contributed by atoms with Gasteiger partial charge in [0.25, 0.3) is 5.91 Å². The van der Waals surface area contributed by atoms with E-state index in [4.69, 9.17) is 23.8 Å². The van der Waals surface area contributed by atoms with Crippen LogP contribution in [-0.4, -0.2) is 24.7 Å². The van der Waals surface area contributed by atoms with Crippen molar-refractivity contribution in [3.63, 3.8) is 0 Å². The fourth-order valence-corrected chi connectivity index (χ4v) is 1.51. The Morgan fingerprint density at radius 1 is 1.44 bits per heavy atom. The third-order valence-corrected chi connectivity index (χ3v) is 2.48. The highest BCUT2D eigenvalue weighted by Gasteiger charge is 2.03. The van der Waals surface area contributed by atoms with E-state index in [0.29, 0.717) is 5.02 Å². The molecule has 0 aliphatic heterocycles. The lowest BCUT2D eigenvalue weighted by Crippen LogP contribution is -2.45. The van der Waals surface area contributed by atoms with Gasteiger partial charge in [-0.05, 0) is 36.8 Å². The molecule has 0 heterocycles. The molecule has 0 atom stereocenters. The van der Waals surface area contributed by atoms with E-state index in [9.17, 15) is 4.79 Å². The van der Waals surface area contributed by atoms with Crippen molar-refractivity contribution in [2.75, 3.05) is 19.0 Å². The van der Waals surface area contributed by atoms with Gasteiger partial charge < -0.3 is 10.1 Å². The quantitative estimate of drug-likeness (QED) is 0.582. The third kappa shape index (κ3) is 4.87. The molecule has 0 aliphatic rings. The first-order valence-corrected chi connectivity index (χ1v) is 5.92. The Balaban J connectivity index is 2.49. The van der Waals surface area contributed by atoms with Crippen LogP contribution in [-0.2, 0) is 9.53 Å². The summed E-state index contributed by atoms with van der Waals surface area (Å²) in [5.74, 6) is -0.315. The molecular formula is C11H14ClN3O2S. The molecule has 0 radical (unpaired) electrons. The SMILES string of the molecule is COCC(=O)NNC(=S)Nc1cc(Cl)ccc1C. The molecule has 1 amide bonds. The molecule has 0 saturated carbocycles. The highest BCUT2D eigenvalue weighted by molar-refractivity contribution is 7.80. The number of hydrogen-bond donors (Lipinski definition) is 3. The average Bonchev–Trinajstić information content (AvgIpc) is 2.32. The molecule has 98 valence electrons. The maximum absolute atomic E-state index is 11.1. The summed E-state index contributed by atoms with van der Waals surface area (Å²) in [6, 6.07) is 5.41. The van der Waals surface area contributed by atoms with Crippen LogP contribution in [0.25, 0.3) is 0 Å². The average molecular weight is 288 g/mol. The van der Waals surface area contributed by atoms with Gasteiger partial charge >= 0.3 is 0 Å². The molecule has 0 unspecified atom stereocenters. The van der Waals surface area contributed by atoms with Crippen molar-refractivity contribution in [2.45, 2.75) is 6.92 Å². The fourth-order valence-electron chi connectivity index (χ4n) is 1.18. The lowest BCUT2D eigenvalue weighted by molar-refractivity contribution is -0.125. The van der Waals surface area contributed by atoms with Crippen molar-refractivity contribution >= 4 is 40.5 Å². The Morgan fingerprint density at radius 2 is 2.17 bits per heavy atom. The highest BCUT2D eigenvalue weighted by atomic mass is 35.5. The van der Waals surface area contributed by atoms with E-state index in [1.807, 2.05) is 13.0 Å². The zero-order valence-electron chi connectivity index (χ0n) is 10.0. The molecular weight excluding hydrogens is 274 g/mol. The zero-order chi connectivity index (χ0) is 13.5. The minimum absolute atomic E-state index is 0.0359. The van der Waals surface area contributed by atoms with Crippen molar-refractivity contribution in [3.05, 3.63) is 28.8 Å². The van der Waals surface area contributed by atoms with E-state index < -0.39 is 0 Å². The van der Waals surface area contributed by atoms with Gasteiger partial charge in [0, 0.05) is 17.8 Å². The number of carbonyl (C=O) groups excluding carboxylic acids is 1. The van der Waals surface area contributed by atoms with Crippen LogP contribution in [0, 0.1) is 6.92 Å². The maximum atomic E-state index is 11.1. The van der Waals surface area contributed by atoms with Gasteiger partial charge in [-0.2, -0.15) is 0 Å². The Labute approximate surface area is 116 Å². The number of amides is 1. The number of benzene rings is 1. The lowest BCUT2D eigenvalue weighted by atomic mass is 10.2. The molecule has 0 aliphatic carbocycles. The molecule has 0 spiro atoms. The van der Waals surface area contributed by atoms with Crippen LogP contribution in [0.5, 0.6) is 0 Å². The summed E-state index contributed by atoms with van der Waals surface area (Å²) in [7, 11) is 1.44. The Hall–Kier alpha value is -1.37. The van der Waals surface area contributed by atoms with E-state index in [0.717, 1.165) is 11.3 Å². The standard InChI is InChI=1S/C11H14ClN3O2S/c1-7-3-4-8(12)5-9(7)13-11(18)15-14-10(16)6-17-2/h3-5H,6H2,1-2H3,(H,14,16)(H2,13,15,18). The molecule has 5 nitrogen and oxygen atoms in total. The van der Waals surface area contributed by atoms with Gasteiger partial charge in [0.15, 0.2) is 5.11 Å². The maximum Gasteiger partial charge on any atom is 0.264 e. The second-order valence-electron chi connectivity index (χ2n) is 3.52. The number of hydrogen-bond acceptors (Lipinski definition) is 3. The molecule has 0 saturated heterocycles. The van der Waals surface area contributed by atoms with E-state index in [2.05, 4.69) is 20.9 Å². The smallest absolute Gasteiger partial charge is 0.264 e. The zero-order valence-corrected chi connectivity index (χ0v) is 11.6. The number of ether oxygens (including phenoxy) is 1. The van der Waals surface area contributed by atoms with Gasteiger partial charge in [0.05, 0.1) is 0 Å². The topological polar surface area (TPSA) is 62.4 Å². The van der Waals surface area contributed by atoms with Crippen molar-refractivity contribution in [1.29, 1.82) is 0 Å². The molecule has 7 heteroatoms. The van der Waals surface area contributed by atoms with Gasteiger partial charge in [-0.25, -0.2) is 0 Å². The number of anilines is 1. The first-order chi connectivity index (χ1) is 8.52. The monoisotopic (exact) mass is 287 g/mol. The van der Waals surface area contributed by atoms with Crippen molar-refractivity contribution in [2.24, 2.45) is 0 Å². The molecule has 18 heavy (non-hydrogen) atoms. The lowest BCUT2D eigenvalue weighted by Gasteiger charge is -2.13. The van der Waals surface area contributed by atoms with Crippen LogP contribution in [0.4, 0.5) is 5.69 Å². The highest BCUT2D eigenvalue weighted by Crippen LogP contribution is 2.19. The number of nitrogens with one attached hydrogen (secondary N) is 3. The van der Waals surface area contributed by atoms with Crippen LogP contribution in [0.3, 0.4) is 0 Å².